The predicted octanol–water partition coefficient (Wildman–Crippen LogP) is 7.45. The summed E-state index contributed by atoms with van der Waals surface area (Å²) in [5, 5.41) is 0. The van der Waals surface area contributed by atoms with Crippen LogP contribution in [0.15, 0.2) is 115 Å². The first-order valence-electron chi connectivity index (χ1n) is 10.4. The Morgan fingerprint density at radius 3 is 1.71 bits per heavy atom. The summed E-state index contributed by atoms with van der Waals surface area (Å²) in [6.07, 6.45) is 0. The molecule has 0 aliphatic heterocycles. The molecular weight excluding hydrogens is 376 g/mol. The molecule has 0 aliphatic rings. The summed E-state index contributed by atoms with van der Waals surface area (Å²) in [5.41, 5.74) is 8.60. The molecule has 1 heterocycles. The Balaban J connectivity index is 1.69. The van der Waals surface area contributed by atoms with Crippen LogP contribution in [0.5, 0.6) is 0 Å². The molecule has 0 spiro atoms. The molecule has 2 heteroatoms. The number of aryl methyl sites for hydroxylation is 1. The Kier molecular flexibility index (Phi) is 5.12. The van der Waals surface area contributed by atoms with Crippen molar-refractivity contribution in [3.63, 3.8) is 0 Å². The van der Waals surface area contributed by atoms with Gasteiger partial charge in [-0.1, -0.05) is 103 Å². The molecule has 0 radical (unpaired) electrons. The van der Waals surface area contributed by atoms with Crippen LogP contribution in [-0.2, 0) is 0 Å². The number of rotatable bonds is 4. The molecule has 0 fully saturated rings. The summed E-state index contributed by atoms with van der Waals surface area (Å²) < 4.78 is 0. The second-order valence-corrected chi connectivity index (χ2v) is 7.59. The molecule has 1 aromatic heterocycles. The zero-order chi connectivity index (χ0) is 21.0. The maximum absolute atomic E-state index is 4.98. The van der Waals surface area contributed by atoms with Gasteiger partial charge < -0.3 is 0 Å². The Morgan fingerprint density at radius 2 is 1.00 bits per heavy atom. The first-order chi connectivity index (χ1) is 15.3. The fraction of sp³-hybridized carbons (Fsp3) is 0.0345. The molecular formula is C29H22N2. The number of hydrogen-bond donors (Lipinski definition) is 0. The number of hydrogen-bond acceptors (Lipinski definition) is 2. The van der Waals surface area contributed by atoms with E-state index in [0.717, 1.165) is 39.5 Å². The second-order valence-electron chi connectivity index (χ2n) is 7.59. The Bertz CT molecular complexity index is 1330. The van der Waals surface area contributed by atoms with Gasteiger partial charge in [-0.2, -0.15) is 0 Å². The highest BCUT2D eigenvalue weighted by molar-refractivity contribution is 5.76. The lowest BCUT2D eigenvalue weighted by Gasteiger charge is -2.11. The molecule has 0 saturated carbocycles. The van der Waals surface area contributed by atoms with E-state index in [2.05, 4.69) is 85.8 Å². The lowest BCUT2D eigenvalue weighted by molar-refractivity contribution is 1.17. The molecule has 4 aromatic carbocycles. The van der Waals surface area contributed by atoms with Crippen molar-refractivity contribution in [2.45, 2.75) is 6.92 Å². The van der Waals surface area contributed by atoms with Gasteiger partial charge >= 0.3 is 0 Å². The molecule has 0 N–H and O–H groups in total. The van der Waals surface area contributed by atoms with E-state index in [4.69, 9.17) is 9.97 Å². The largest absolute Gasteiger partial charge is 0.228 e. The molecule has 148 valence electrons. The maximum Gasteiger partial charge on any atom is 0.160 e. The van der Waals surface area contributed by atoms with Crippen LogP contribution in [0.4, 0.5) is 0 Å². The van der Waals surface area contributed by atoms with E-state index in [0.29, 0.717) is 0 Å². The second kappa shape index (κ2) is 8.37. The van der Waals surface area contributed by atoms with Crippen LogP contribution in [0.1, 0.15) is 5.56 Å². The minimum Gasteiger partial charge on any atom is -0.228 e. The lowest BCUT2D eigenvalue weighted by atomic mass is 10.0. The van der Waals surface area contributed by atoms with E-state index >= 15 is 0 Å². The zero-order valence-corrected chi connectivity index (χ0v) is 17.4. The number of aromatic nitrogens is 2. The average Bonchev–Trinajstić information content (AvgIpc) is 2.85. The molecule has 31 heavy (non-hydrogen) atoms. The maximum atomic E-state index is 4.98. The van der Waals surface area contributed by atoms with Gasteiger partial charge in [-0.05, 0) is 35.7 Å². The first kappa shape index (κ1) is 19.0. The van der Waals surface area contributed by atoms with Crippen molar-refractivity contribution in [3.05, 3.63) is 121 Å². The molecule has 0 unspecified atom stereocenters. The fourth-order valence-electron chi connectivity index (χ4n) is 3.78. The third kappa shape index (κ3) is 4.01. The summed E-state index contributed by atoms with van der Waals surface area (Å²) >= 11 is 0. The molecule has 2 nitrogen and oxygen atoms in total. The molecule has 5 rings (SSSR count). The quantitative estimate of drug-likeness (QED) is 0.314. The fourth-order valence-corrected chi connectivity index (χ4v) is 3.78. The van der Waals surface area contributed by atoms with Crippen LogP contribution in [0.25, 0.3) is 45.0 Å². The average molecular weight is 399 g/mol. The smallest absolute Gasteiger partial charge is 0.160 e. The van der Waals surface area contributed by atoms with Crippen molar-refractivity contribution >= 4 is 0 Å². The van der Waals surface area contributed by atoms with Crippen LogP contribution in [0.3, 0.4) is 0 Å². The van der Waals surface area contributed by atoms with Crippen molar-refractivity contribution in [3.8, 4) is 45.0 Å². The van der Waals surface area contributed by atoms with Gasteiger partial charge in [0.1, 0.15) is 0 Å². The van der Waals surface area contributed by atoms with Gasteiger partial charge in [0.25, 0.3) is 0 Å². The topological polar surface area (TPSA) is 25.8 Å². The number of benzene rings is 4. The summed E-state index contributed by atoms with van der Waals surface area (Å²) in [6, 6.07) is 39.6. The third-order valence-electron chi connectivity index (χ3n) is 5.45. The van der Waals surface area contributed by atoms with Crippen LogP contribution < -0.4 is 0 Å². The third-order valence-corrected chi connectivity index (χ3v) is 5.45. The lowest BCUT2D eigenvalue weighted by Crippen LogP contribution is -1.97. The molecule has 0 saturated heterocycles. The van der Waals surface area contributed by atoms with E-state index in [1.165, 1.54) is 11.1 Å². The monoisotopic (exact) mass is 398 g/mol. The standard InChI is InChI=1S/C29H22N2/c1-21-11-8-9-18-26(21)29-30-27(23-14-6-3-7-15-23)20-28(31-29)25-17-10-16-24(19-25)22-12-4-2-5-13-22/h2-20H,1H3. The minimum absolute atomic E-state index is 0.750. The van der Waals surface area contributed by atoms with E-state index in [1.54, 1.807) is 0 Å². The minimum atomic E-state index is 0.750. The molecule has 0 atom stereocenters. The summed E-state index contributed by atoms with van der Waals surface area (Å²) in [4.78, 5) is 9.91. The summed E-state index contributed by atoms with van der Waals surface area (Å²) in [5.74, 6) is 0.750. The number of nitrogens with zero attached hydrogens (tertiary/aromatic N) is 2. The Hall–Kier alpha value is -4.04. The highest BCUT2D eigenvalue weighted by Crippen LogP contribution is 2.30. The van der Waals surface area contributed by atoms with Crippen molar-refractivity contribution in [2.75, 3.05) is 0 Å². The van der Waals surface area contributed by atoms with Gasteiger partial charge in [-0.25, -0.2) is 9.97 Å². The van der Waals surface area contributed by atoms with Crippen LogP contribution in [0.2, 0.25) is 0 Å². The molecule has 0 bridgehead atoms. The van der Waals surface area contributed by atoms with E-state index in [1.807, 2.05) is 36.4 Å². The summed E-state index contributed by atoms with van der Waals surface area (Å²) in [7, 11) is 0. The van der Waals surface area contributed by atoms with E-state index < -0.39 is 0 Å². The normalized spacial score (nSPS) is 10.7. The van der Waals surface area contributed by atoms with Gasteiger partial charge in [0.05, 0.1) is 11.4 Å². The zero-order valence-electron chi connectivity index (χ0n) is 17.4. The van der Waals surface area contributed by atoms with Crippen molar-refractivity contribution < 1.29 is 0 Å². The highest BCUT2D eigenvalue weighted by Gasteiger charge is 2.12. The Morgan fingerprint density at radius 1 is 0.452 bits per heavy atom. The van der Waals surface area contributed by atoms with Crippen molar-refractivity contribution in [1.29, 1.82) is 0 Å². The van der Waals surface area contributed by atoms with Gasteiger partial charge in [-0.3, -0.25) is 0 Å². The Labute approximate surface area is 182 Å². The summed E-state index contributed by atoms with van der Waals surface area (Å²) in [6.45, 7) is 2.10. The van der Waals surface area contributed by atoms with Gasteiger partial charge in [0.15, 0.2) is 5.82 Å². The van der Waals surface area contributed by atoms with E-state index in [-0.39, 0.29) is 0 Å². The van der Waals surface area contributed by atoms with Crippen molar-refractivity contribution in [1.82, 2.24) is 9.97 Å². The first-order valence-corrected chi connectivity index (χ1v) is 10.4. The van der Waals surface area contributed by atoms with Crippen molar-refractivity contribution in [2.24, 2.45) is 0 Å². The van der Waals surface area contributed by atoms with E-state index in [9.17, 15) is 0 Å². The predicted molar refractivity (Wildman–Crippen MR) is 129 cm³/mol. The molecule has 0 aliphatic carbocycles. The van der Waals surface area contributed by atoms with Gasteiger partial charge in [0.2, 0.25) is 0 Å². The van der Waals surface area contributed by atoms with Gasteiger partial charge in [-0.15, -0.1) is 0 Å². The van der Waals surface area contributed by atoms with Crippen LogP contribution in [0, 0.1) is 6.92 Å². The molecule has 0 amide bonds. The van der Waals surface area contributed by atoms with Gasteiger partial charge in [0, 0.05) is 16.7 Å². The molecule has 5 aromatic rings. The highest BCUT2D eigenvalue weighted by atomic mass is 14.9. The van der Waals surface area contributed by atoms with Crippen LogP contribution >= 0.6 is 0 Å². The SMILES string of the molecule is Cc1ccccc1-c1nc(-c2ccccc2)cc(-c2cccc(-c3ccccc3)c2)n1. The van der Waals surface area contributed by atoms with Crippen LogP contribution in [-0.4, -0.2) is 9.97 Å².